The highest BCUT2D eigenvalue weighted by atomic mass is 79.9. The molecule has 206 valence electrons. The van der Waals surface area contributed by atoms with Gasteiger partial charge < -0.3 is 19.3 Å². The maximum atomic E-state index is 12.9. The molecule has 0 saturated heterocycles. The van der Waals surface area contributed by atoms with Crippen LogP contribution < -0.4 is 9.47 Å². The van der Waals surface area contributed by atoms with Crippen molar-refractivity contribution in [2.45, 2.75) is 20.5 Å². The van der Waals surface area contributed by atoms with E-state index in [1.807, 2.05) is 37.3 Å². The molecular formula is C30H25BrClNO6S. The molecule has 0 atom stereocenters. The van der Waals surface area contributed by atoms with Crippen LogP contribution in [0.1, 0.15) is 35.3 Å². The van der Waals surface area contributed by atoms with E-state index < -0.39 is 11.9 Å². The molecule has 1 amide bonds. The Morgan fingerprint density at radius 2 is 1.70 bits per heavy atom. The van der Waals surface area contributed by atoms with E-state index in [1.54, 1.807) is 43.3 Å². The van der Waals surface area contributed by atoms with Crippen molar-refractivity contribution in [1.29, 1.82) is 0 Å². The van der Waals surface area contributed by atoms with E-state index in [1.165, 1.54) is 6.07 Å². The van der Waals surface area contributed by atoms with Crippen molar-refractivity contribution in [3.05, 3.63) is 109 Å². The van der Waals surface area contributed by atoms with Crippen molar-refractivity contribution < 1.29 is 28.9 Å². The summed E-state index contributed by atoms with van der Waals surface area (Å²) in [5.74, 6) is -0.737. The lowest BCUT2D eigenvalue weighted by molar-refractivity contribution is -0.138. The molecule has 40 heavy (non-hydrogen) atoms. The van der Waals surface area contributed by atoms with E-state index >= 15 is 0 Å². The second-order valence-corrected chi connectivity index (χ2v) is 10.6. The van der Waals surface area contributed by atoms with Gasteiger partial charge in [0.15, 0.2) is 11.5 Å². The number of aliphatic imine (C=N–C) groups is 1. The minimum Gasteiger partial charge on any atom is -0.506 e. The summed E-state index contributed by atoms with van der Waals surface area (Å²) in [6.07, 6.45) is 1.66. The topological polar surface area (TPSA) is 94.4 Å². The number of aliphatic hydroxyl groups excluding tert-OH is 1. The molecule has 0 aliphatic carbocycles. The first-order chi connectivity index (χ1) is 19.3. The average molecular weight is 643 g/mol. The number of amides is 1. The number of esters is 1. The smallest absolute Gasteiger partial charge is 0.344 e. The van der Waals surface area contributed by atoms with Crippen molar-refractivity contribution in [2.24, 2.45) is 4.99 Å². The van der Waals surface area contributed by atoms with Gasteiger partial charge in [-0.3, -0.25) is 4.79 Å². The third-order valence-corrected chi connectivity index (χ3v) is 7.60. The highest BCUT2D eigenvalue weighted by Gasteiger charge is 2.34. The fourth-order valence-corrected chi connectivity index (χ4v) is 5.35. The van der Waals surface area contributed by atoms with Gasteiger partial charge in [0.25, 0.3) is 5.91 Å². The molecule has 0 aromatic heterocycles. The number of thioether (sulfide) groups is 1. The van der Waals surface area contributed by atoms with Gasteiger partial charge >= 0.3 is 5.97 Å². The monoisotopic (exact) mass is 641 g/mol. The molecule has 0 saturated carbocycles. The van der Waals surface area contributed by atoms with E-state index in [2.05, 4.69) is 20.9 Å². The van der Waals surface area contributed by atoms with Crippen LogP contribution in [0.4, 0.5) is 0 Å². The predicted molar refractivity (Wildman–Crippen MR) is 161 cm³/mol. The van der Waals surface area contributed by atoms with Gasteiger partial charge in [0.2, 0.25) is 0 Å². The van der Waals surface area contributed by atoms with Gasteiger partial charge in [0.1, 0.15) is 23.0 Å². The summed E-state index contributed by atoms with van der Waals surface area (Å²) in [5.41, 5.74) is 1.64. The maximum absolute atomic E-state index is 12.9. The van der Waals surface area contributed by atoms with Crippen LogP contribution in [0, 0.1) is 0 Å². The minimum absolute atomic E-state index is 0.0103. The second kappa shape index (κ2) is 13.7. The van der Waals surface area contributed by atoms with Crippen LogP contribution in [0.2, 0.25) is 5.02 Å². The van der Waals surface area contributed by atoms with Crippen molar-refractivity contribution in [3.63, 3.8) is 0 Å². The van der Waals surface area contributed by atoms with Crippen LogP contribution in [-0.4, -0.2) is 35.2 Å². The van der Waals surface area contributed by atoms with E-state index in [9.17, 15) is 14.7 Å². The van der Waals surface area contributed by atoms with Crippen molar-refractivity contribution in [1.82, 2.24) is 0 Å². The zero-order valence-corrected chi connectivity index (χ0v) is 24.8. The molecule has 0 bridgehead atoms. The molecule has 1 N–H and O–H groups in total. The molecular weight excluding hydrogens is 618 g/mol. The molecule has 3 aromatic rings. The third kappa shape index (κ3) is 6.96. The van der Waals surface area contributed by atoms with Gasteiger partial charge in [-0.2, -0.15) is 0 Å². The van der Waals surface area contributed by atoms with E-state index in [0.717, 1.165) is 17.3 Å². The number of nitrogens with zero attached hydrogens (tertiary/aromatic N) is 1. The summed E-state index contributed by atoms with van der Waals surface area (Å²) in [6.45, 7) is 4.36. The van der Waals surface area contributed by atoms with Crippen LogP contribution in [0.15, 0.2) is 92.4 Å². The van der Waals surface area contributed by atoms with Crippen LogP contribution in [0.5, 0.6) is 11.5 Å². The van der Waals surface area contributed by atoms with Crippen LogP contribution in [-0.2, 0) is 16.1 Å². The van der Waals surface area contributed by atoms with Crippen LogP contribution >= 0.6 is 39.3 Å². The van der Waals surface area contributed by atoms with Gasteiger partial charge in [-0.15, -0.1) is 0 Å². The molecule has 0 spiro atoms. The van der Waals surface area contributed by atoms with Gasteiger partial charge in [-0.05, 0) is 55.3 Å². The summed E-state index contributed by atoms with van der Waals surface area (Å²) in [7, 11) is 0. The molecule has 10 heteroatoms. The first-order valence-corrected chi connectivity index (χ1v) is 14.3. The first-order valence-electron chi connectivity index (χ1n) is 12.3. The fourth-order valence-electron chi connectivity index (χ4n) is 3.70. The zero-order valence-electron chi connectivity index (χ0n) is 21.6. The Balaban J connectivity index is 1.69. The quantitative estimate of drug-likeness (QED) is 0.238. The number of carbonyl (C=O) groups excluding carboxylic acids is 2. The lowest BCUT2D eigenvalue weighted by Crippen LogP contribution is -2.14. The highest BCUT2D eigenvalue weighted by molar-refractivity contribution is 9.10. The number of aliphatic hydroxyl groups is 1. The van der Waals surface area contributed by atoms with Crippen LogP contribution in [0.3, 0.4) is 0 Å². The molecule has 0 unspecified atom stereocenters. The Kier molecular flexibility index (Phi) is 10.1. The lowest BCUT2D eigenvalue weighted by Gasteiger charge is -2.14. The van der Waals surface area contributed by atoms with Gasteiger partial charge in [0.05, 0.1) is 28.7 Å². The van der Waals surface area contributed by atoms with Gasteiger partial charge in [-0.1, -0.05) is 81.8 Å². The Morgan fingerprint density at radius 3 is 2.40 bits per heavy atom. The normalized spacial score (nSPS) is 15.0. The Hall–Kier alpha value is -3.53. The number of hydrogen-bond donors (Lipinski definition) is 1. The Labute approximate surface area is 249 Å². The van der Waals surface area contributed by atoms with E-state index in [-0.39, 0.29) is 33.6 Å². The van der Waals surface area contributed by atoms with E-state index in [4.69, 9.17) is 25.8 Å². The number of hydrogen-bond acceptors (Lipinski definition) is 7. The lowest BCUT2D eigenvalue weighted by atomic mass is 10.1. The molecule has 0 radical (unpaired) electrons. The molecule has 4 rings (SSSR count). The van der Waals surface area contributed by atoms with Crippen molar-refractivity contribution in [2.75, 3.05) is 13.2 Å². The summed E-state index contributed by atoms with van der Waals surface area (Å²) in [4.78, 5) is 30.0. The standard InChI is InChI=1S/C30H25BrClNO6S/c1-3-37-23-14-19(21(31)16-24(23)39-17-18-10-6-5-7-11-18)15-25-27(34)26(30(36)38-4-2)29(40-25)33-28(35)20-12-8-9-13-22(20)32/h5-16,34H,3-4,17H2,1-2H3/b25-15-,33-29?. The Bertz CT molecular complexity index is 1520. The maximum Gasteiger partial charge on any atom is 0.344 e. The predicted octanol–water partition coefficient (Wildman–Crippen LogP) is 7.78. The average Bonchev–Trinajstić information content (AvgIpc) is 3.24. The van der Waals surface area contributed by atoms with E-state index in [0.29, 0.717) is 39.7 Å². The molecule has 1 aliphatic heterocycles. The Morgan fingerprint density at radius 1 is 1.00 bits per heavy atom. The summed E-state index contributed by atoms with van der Waals surface area (Å²) in [5, 5.41) is 11.3. The molecule has 7 nitrogen and oxygen atoms in total. The summed E-state index contributed by atoms with van der Waals surface area (Å²) < 4.78 is 17.6. The molecule has 1 aliphatic rings. The van der Waals surface area contributed by atoms with Gasteiger partial charge in [-0.25, -0.2) is 9.79 Å². The van der Waals surface area contributed by atoms with Gasteiger partial charge in [0, 0.05) is 4.47 Å². The number of benzene rings is 3. The zero-order chi connectivity index (χ0) is 28.6. The molecule has 3 aromatic carbocycles. The number of carbonyl (C=O) groups is 2. The minimum atomic E-state index is -0.791. The number of ether oxygens (including phenoxy) is 3. The number of rotatable bonds is 9. The summed E-state index contributed by atoms with van der Waals surface area (Å²) in [6, 6.07) is 19.8. The summed E-state index contributed by atoms with van der Waals surface area (Å²) >= 11 is 10.7. The highest BCUT2D eigenvalue weighted by Crippen LogP contribution is 2.42. The SMILES string of the molecule is CCOC(=O)C1=C(O)/C(=C/c2cc(OCC)c(OCc3ccccc3)cc2Br)SC1=NC(=O)c1ccccc1Cl. The third-order valence-electron chi connectivity index (χ3n) is 5.56. The second-order valence-electron chi connectivity index (χ2n) is 8.28. The molecule has 0 fully saturated rings. The van der Waals surface area contributed by atoms with Crippen LogP contribution in [0.25, 0.3) is 6.08 Å². The number of halogens is 2. The molecule has 1 heterocycles. The van der Waals surface area contributed by atoms with Crippen molar-refractivity contribution >= 4 is 62.3 Å². The fraction of sp³-hybridized carbons (Fsp3) is 0.167. The largest absolute Gasteiger partial charge is 0.506 e. The first kappa shape index (κ1) is 29.5. The van der Waals surface area contributed by atoms with Crippen molar-refractivity contribution in [3.8, 4) is 11.5 Å².